The SMILES string of the molecule is CC(C)c1noc(C(C)(C)N)n1. The Balaban J connectivity index is 2.92. The van der Waals surface area contributed by atoms with Crippen molar-refractivity contribution in [2.75, 3.05) is 0 Å². The fourth-order valence-corrected chi connectivity index (χ4v) is 0.731. The van der Waals surface area contributed by atoms with Crippen LogP contribution in [0.3, 0.4) is 0 Å². The molecule has 4 nitrogen and oxygen atoms in total. The molecule has 1 heterocycles. The first-order chi connectivity index (χ1) is 5.41. The first-order valence-electron chi connectivity index (χ1n) is 4.04. The maximum absolute atomic E-state index is 5.77. The summed E-state index contributed by atoms with van der Waals surface area (Å²) in [5, 5.41) is 3.82. The second kappa shape index (κ2) is 2.86. The predicted octanol–water partition coefficient (Wildman–Crippen LogP) is 1.39. The van der Waals surface area contributed by atoms with Gasteiger partial charge in [-0.05, 0) is 13.8 Å². The van der Waals surface area contributed by atoms with E-state index in [2.05, 4.69) is 10.1 Å². The molecule has 1 aromatic rings. The van der Waals surface area contributed by atoms with E-state index in [-0.39, 0.29) is 5.92 Å². The van der Waals surface area contributed by atoms with Crippen LogP contribution in [0, 0.1) is 0 Å². The molecule has 68 valence electrons. The van der Waals surface area contributed by atoms with Gasteiger partial charge in [-0.2, -0.15) is 4.98 Å². The lowest BCUT2D eigenvalue weighted by molar-refractivity contribution is 0.309. The van der Waals surface area contributed by atoms with Gasteiger partial charge in [0.2, 0.25) is 5.89 Å². The molecule has 1 aromatic heterocycles. The Hall–Kier alpha value is -0.900. The molecular weight excluding hydrogens is 154 g/mol. The second-order valence-corrected chi connectivity index (χ2v) is 3.83. The third-order valence-corrected chi connectivity index (χ3v) is 1.51. The normalized spacial score (nSPS) is 12.5. The Labute approximate surface area is 72.1 Å². The molecule has 1 rings (SSSR count). The highest BCUT2D eigenvalue weighted by molar-refractivity contribution is 4.99. The number of hydrogen-bond acceptors (Lipinski definition) is 4. The molecule has 0 unspecified atom stereocenters. The first-order valence-corrected chi connectivity index (χ1v) is 4.04. The van der Waals surface area contributed by atoms with Crippen molar-refractivity contribution >= 4 is 0 Å². The molecule has 0 aliphatic heterocycles. The van der Waals surface area contributed by atoms with Gasteiger partial charge >= 0.3 is 0 Å². The van der Waals surface area contributed by atoms with Crippen molar-refractivity contribution in [3.8, 4) is 0 Å². The maximum Gasteiger partial charge on any atom is 0.246 e. The van der Waals surface area contributed by atoms with Crippen molar-refractivity contribution in [3.63, 3.8) is 0 Å². The minimum atomic E-state index is -0.542. The van der Waals surface area contributed by atoms with Gasteiger partial charge in [0.1, 0.15) is 0 Å². The van der Waals surface area contributed by atoms with E-state index in [0.29, 0.717) is 11.7 Å². The smallest absolute Gasteiger partial charge is 0.246 e. The molecule has 0 fully saturated rings. The van der Waals surface area contributed by atoms with Crippen LogP contribution >= 0.6 is 0 Å². The summed E-state index contributed by atoms with van der Waals surface area (Å²) in [6.45, 7) is 7.70. The average molecular weight is 169 g/mol. The fourth-order valence-electron chi connectivity index (χ4n) is 0.731. The van der Waals surface area contributed by atoms with E-state index in [4.69, 9.17) is 10.3 Å². The van der Waals surface area contributed by atoms with Crippen LogP contribution < -0.4 is 5.73 Å². The molecule has 0 aliphatic carbocycles. The summed E-state index contributed by atoms with van der Waals surface area (Å²) in [4.78, 5) is 4.18. The van der Waals surface area contributed by atoms with Crippen molar-refractivity contribution in [2.45, 2.75) is 39.2 Å². The molecule has 0 saturated carbocycles. The van der Waals surface area contributed by atoms with Gasteiger partial charge in [0.05, 0.1) is 5.54 Å². The number of rotatable bonds is 2. The molecule has 0 amide bonds. The molecule has 0 aromatic carbocycles. The minimum absolute atomic E-state index is 0.282. The zero-order chi connectivity index (χ0) is 9.35. The molecule has 0 atom stereocenters. The Kier molecular flexibility index (Phi) is 2.19. The molecule has 0 saturated heterocycles. The lowest BCUT2D eigenvalue weighted by Gasteiger charge is -2.10. The van der Waals surface area contributed by atoms with Gasteiger partial charge in [-0.3, -0.25) is 0 Å². The van der Waals surface area contributed by atoms with Crippen LogP contribution in [-0.4, -0.2) is 10.1 Å². The average Bonchev–Trinajstić information content (AvgIpc) is 2.30. The van der Waals surface area contributed by atoms with E-state index in [1.807, 2.05) is 27.7 Å². The Morgan fingerprint density at radius 1 is 1.42 bits per heavy atom. The third-order valence-electron chi connectivity index (χ3n) is 1.51. The van der Waals surface area contributed by atoms with E-state index in [1.165, 1.54) is 0 Å². The molecular formula is C8H15N3O. The van der Waals surface area contributed by atoms with E-state index in [1.54, 1.807) is 0 Å². The van der Waals surface area contributed by atoms with Gasteiger partial charge in [0, 0.05) is 5.92 Å². The standard InChI is InChI=1S/C8H15N3O/c1-5(2)6-10-7(12-11-6)8(3,4)9/h5H,9H2,1-4H3. The van der Waals surface area contributed by atoms with Gasteiger partial charge in [-0.15, -0.1) is 0 Å². The number of nitrogens with zero attached hydrogens (tertiary/aromatic N) is 2. The van der Waals surface area contributed by atoms with Crippen molar-refractivity contribution in [2.24, 2.45) is 5.73 Å². The molecule has 4 heteroatoms. The van der Waals surface area contributed by atoms with Gasteiger partial charge in [0.25, 0.3) is 0 Å². The van der Waals surface area contributed by atoms with Crippen LogP contribution in [0.1, 0.15) is 45.3 Å². The van der Waals surface area contributed by atoms with Crippen LogP contribution in [0.15, 0.2) is 4.52 Å². The highest BCUT2D eigenvalue weighted by atomic mass is 16.5. The first kappa shape index (κ1) is 9.19. The lowest BCUT2D eigenvalue weighted by Crippen LogP contribution is -2.29. The summed E-state index contributed by atoms with van der Waals surface area (Å²) in [5.41, 5.74) is 5.23. The quantitative estimate of drug-likeness (QED) is 0.726. The molecule has 0 radical (unpaired) electrons. The number of nitrogens with two attached hydrogens (primary N) is 1. The van der Waals surface area contributed by atoms with Gasteiger partial charge in [-0.25, -0.2) is 0 Å². The van der Waals surface area contributed by atoms with Crippen molar-refractivity contribution in [1.29, 1.82) is 0 Å². The summed E-state index contributed by atoms with van der Waals surface area (Å²) in [7, 11) is 0. The monoisotopic (exact) mass is 169 g/mol. The highest BCUT2D eigenvalue weighted by Gasteiger charge is 2.22. The Morgan fingerprint density at radius 2 is 2.00 bits per heavy atom. The largest absolute Gasteiger partial charge is 0.337 e. The molecule has 12 heavy (non-hydrogen) atoms. The fraction of sp³-hybridized carbons (Fsp3) is 0.750. The second-order valence-electron chi connectivity index (χ2n) is 3.83. The summed E-state index contributed by atoms with van der Waals surface area (Å²) in [5.74, 6) is 1.49. The van der Waals surface area contributed by atoms with Crippen molar-refractivity contribution in [1.82, 2.24) is 10.1 Å². The maximum atomic E-state index is 5.77. The van der Waals surface area contributed by atoms with Gasteiger partial charge in [0.15, 0.2) is 5.82 Å². The number of aromatic nitrogens is 2. The van der Waals surface area contributed by atoms with Crippen LogP contribution in [0.2, 0.25) is 0 Å². The van der Waals surface area contributed by atoms with E-state index < -0.39 is 5.54 Å². The van der Waals surface area contributed by atoms with Crippen LogP contribution in [0.25, 0.3) is 0 Å². The van der Waals surface area contributed by atoms with E-state index in [9.17, 15) is 0 Å². The van der Waals surface area contributed by atoms with E-state index in [0.717, 1.165) is 0 Å². The predicted molar refractivity (Wildman–Crippen MR) is 45.6 cm³/mol. The van der Waals surface area contributed by atoms with E-state index >= 15 is 0 Å². The van der Waals surface area contributed by atoms with Gasteiger partial charge < -0.3 is 10.3 Å². The zero-order valence-corrected chi connectivity index (χ0v) is 7.96. The molecule has 2 N–H and O–H groups in total. The molecule has 0 aliphatic rings. The lowest BCUT2D eigenvalue weighted by atomic mass is 10.1. The number of hydrogen-bond donors (Lipinski definition) is 1. The minimum Gasteiger partial charge on any atom is -0.337 e. The van der Waals surface area contributed by atoms with Crippen molar-refractivity contribution < 1.29 is 4.52 Å². The third kappa shape index (κ3) is 1.82. The van der Waals surface area contributed by atoms with Crippen molar-refractivity contribution in [3.05, 3.63) is 11.7 Å². The van der Waals surface area contributed by atoms with Crippen LogP contribution in [0.5, 0.6) is 0 Å². The Morgan fingerprint density at radius 3 is 2.25 bits per heavy atom. The Bertz CT molecular complexity index is 260. The topological polar surface area (TPSA) is 64.9 Å². The zero-order valence-electron chi connectivity index (χ0n) is 7.96. The molecule has 0 bridgehead atoms. The summed E-state index contributed by atoms with van der Waals surface area (Å²) in [6.07, 6.45) is 0. The summed E-state index contributed by atoms with van der Waals surface area (Å²) < 4.78 is 5.00. The van der Waals surface area contributed by atoms with Crippen LogP contribution in [-0.2, 0) is 5.54 Å². The summed E-state index contributed by atoms with van der Waals surface area (Å²) >= 11 is 0. The van der Waals surface area contributed by atoms with Crippen LogP contribution in [0.4, 0.5) is 0 Å². The molecule has 0 spiro atoms. The highest BCUT2D eigenvalue weighted by Crippen LogP contribution is 2.17. The van der Waals surface area contributed by atoms with Gasteiger partial charge in [-0.1, -0.05) is 19.0 Å². The summed E-state index contributed by atoms with van der Waals surface area (Å²) in [6, 6.07) is 0.